The Morgan fingerprint density at radius 3 is 1.80 bits per heavy atom. The molecule has 0 aliphatic carbocycles. The monoisotopic (exact) mass is 212 g/mol. The molecule has 0 aromatic carbocycles. The van der Waals surface area contributed by atoms with Crippen LogP contribution in [0.15, 0.2) is 23.3 Å². The molecule has 0 rings (SSSR count). The van der Waals surface area contributed by atoms with Gasteiger partial charge in [0.2, 0.25) is 0 Å². The number of carboxylic acids is 2. The predicted octanol–water partition coefficient (Wildman–Crippen LogP) is 1.01. The molecule has 0 radical (unpaired) electrons. The molecular weight excluding hydrogens is 200 g/mol. The largest absolute Gasteiger partial charge is 0.478 e. The Balaban J connectivity index is 5.66. The first kappa shape index (κ1) is 13.1. The Morgan fingerprint density at radius 2 is 1.60 bits per heavy atom. The van der Waals surface area contributed by atoms with Crippen LogP contribution in [0, 0.1) is 0 Å². The lowest BCUT2D eigenvalue weighted by Gasteiger charge is -2.05. The van der Waals surface area contributed by atoms with Crippen molar-refractivity contribution in [1.82, 2.24) is 0 Å². The minimum Gasteiger partial charge on any atom is -0.478 e. The third-order valence-electron chi connectivity index (χ3n) is 1.74. The zero-order valence-corrected chi connectivity index (χ0v) is 8.53. The van der Waals surface area contributed by atoms with Crippen molar-refractivity contribution < 1.29 is 24.6 Å². The molecule has 0 atom stereocenters. The molecule has 0 heterocycles. The van der Waals surface area contributed by atoms with E-state index in [-0.39, 0.29) is 12.0 Å². The smallest absolute Gasteiger partial charge is 0.340 e. The van der Waals surface area contributed by atoms with E-state index in [1.165, 1.54) is 13.8 Å². The number of ketones is 1. The molecule has 0 aromatic heterocycles. The molecule has 0 amide bonds. The quantitative estimate of drug-likeness (QED) is 0.403. The molecular formula is C10H12O5. The third kappa shape index (κ3) is 3.05. The van der Waals surface area contributed by atoms with Gasteiger partial charge in [0.05, 0.1) is 5.57 Å². The average Bonchev–Trinajstić information content (AvgIpc) is 2.11. The first-order valence-electron chi connectivity index (χ1n) is 4.22. The van der Waals surface area contributed by atoms with Crippen molar-refractivity contribution in [2.45, 2.75) is 20.3 Å². The van der Waals surface area contributed by atoms with E-state index >= 15 is 0 Å². The van der Waals surface area contributed by atoms with E-state index in [2.05, 4.69) is 6.58 Å². The number of aliphatic carboxylic acids is 2. The fourth-order valence-electron chi connectivity index (χ4n) is 1.01. The van der Waals surface area contributed by atoms with Crippen molar-refractivity contribution in [3.05, 3.63) is 23.3 Å². The maximum Gasteiger partial charge on any atom is 0.340 e. The van der Waals surface area contributed by atoms with E-state index in [1.807, 2.05) is 0 Å². The van der Waals surface area contributed by atoms with Gasteiger partial charge in [-0.1, -0.05) is 13.5 Å². The number of hydrogen-bond acceptors (Lipinski definition) is 3. The van der Waals surface area contributed by atoms with Crippen LogP contribution >= 0.6 is 0 Å². The molecule has 0 spiro atoms. The molecule has 5 nitrogen and oxygen atoms in total. The second kappa shape index (κ2) is 5.09. The number of carboxylic acid groups (broad SMARTS) is 2. The highest BCUT2D eigenvalue weighted by Gasteiger charge is 2.25. The van der Waals surface area contributed by atoms with Crippen LogP contribution < -0.4 is 0 Å². The van der Waals surface area contributed by atoms with Gasteiger partial charge in [0.1, 0.15) is 5.57 Å². The van der Waals surface area contributed by atoms with Gasteiger partial charge in [-0.2, -0.15) is 0 Å². The van der Waals surface area contributed by atoms with E-state index in [1.54, 1.807) is 0 Å². The molecule has 0 aromatic rings. The molecule has 0 bridgehead atoms. The zero-order chi connectivity index (χ0) is 12.2. The van der Waals surface area contributed by atoms with Gasteiger partial charge < -0.3 is 10.2 Å². The summed E-state index contributed by atoms with van der Waals surface area (Å²) >= 11 is 0. The number of carbonyl (C=O) groups excluding carboxylic acids is 1. The van der Waals surface area contributed by atoms with Crippen LogP contribution in [0.4, 0.5) is 0 Å². The van der Waals surface area contributed by atoms with Crippen LogP contribution in [0.3, 0.4) is 0 Å². The van der Waals surface area contributed by atoms with Crippen molar-refractivity contribution in [3.63, 3.8) is 0 Å². The van der Waals surface area contributed by atoms with E-state index in [0.29, 0.717) is 0 Å². The number of rotatable bonds is 5. The molecule has 0 saturated heterocycles. The number of carbonyl (C=O) groups is 3. The van der Waals surface area contributed by atoms with Crippen molar-refractivity contribution in [3.8, 4) is 0 Å². The first-order valence-corrected chi connectivity index (χ1v) is 4.22. The van der Waals surface area contributed by atoms with Crippen LogP contribution in [-0.2, 0) is 14.4 Å². The maximum absolute atomic E-state index is 11.4. The summed E-state index contributed by atoms with van der Waals surface area (Å²) in [5.74, 6) is -3.78. The standard InChI is InChI=1S/C10H12O5/c1-4-6(9(12)13)7(10(14)15)8(11)5(2)3/h2,4H2,1,3H3,(H,12,13)(H,14,15)/b7-6-. The minimum absolute atomic E-state index is 0.000370. The SMILES string of the molecule is C=C(C)C(=O)/C(C(=O)O)=C(\CC)C(=O)O. The fraction of sp³-hybridized carbons (Fsp3) is 0.300. The van der Waals surface area contributed by atoms with Gasteiger partial charge >= 0.3 is 11.9 Å². The second-order valence-corrected chi connectivity index (χ2v) is 2.93. The van der Waals surface area contributed by atoms with Gasteiger partial charge in [-0.15, -0.1) is 0 Å². The van der Waals surface area contributed by atoms with Crippen LogP contribution in [0.1, 0.15) is 20.3 Å². The number of Topliss-reactive ketones (excluding diaryl/α,β-unsaturated/α-hetero) is 1. The summed E-state index contributed by atoms with van der Waals surface area (Å²) in [6.45, 7) is 6.10. The van der Waals surface area contributed by atoms with Gasteiger partial charge in [-0.3, -0.25) is 4.79 Å². The topological polar surface area (TPSA) is 91.7 Å². The van der Waals surface area contributed by atoms with Crippen molar-refractivity contribution in [2.24, 2.45) is 0 Å². The molecule has 15 heavy (non-hydrogen) atoms. The summed E-state index contributed by atoms with van der Waals surface area (Å²) in [6.07, 6.45) is -0.0318. The number of allylic oxidation sites excluding steroid dienone is 1. The van der Waals surface area contributed by atoms with Crippen molar-refractivity contribution in [2.75, 3.05) is 0 Å². The Hall–Kier alpha value is -1.91. The van der Waals surface area contributed by atoms with Crippen molar-refractivity contribution >= 4 is 17.7 Å². The zero-order valence-electron chi connectivity index (χ0n) is 8.53. The summed E-state index contributed by atoms with van der Waals surface area (Å²) in [7, 11) is 0. The highest BCUT2D eigenvalue weighted by molar-refractivity contribution is 6.26. The number of hydrogen-bond donors (Lipinski definition) is 2. The van der Waals surface area contributed by atoms with Crippen molar-refractivity contribution in [1.29, 1.82) is 0 Å². The lowest BCUT2D eigenvalue weighted by molar-refractivity contribution is -0.137. The van der Waals surface area contributed by atoms with E-state index < -0.39 is 28.9 Å². The van der Waals surface area contributed by atoms with Gasteiger partial charge in [0.25, 0.3) is 0 Å². The van der Waals surface area contributed by atoms with Gasteiger partial charge in [0.15, 0.2) is 5.78 Å². The molecule has 0 aliphatic rings. The van der Waals surface area contributed by atoms with E-state index in [9.17, 15) is 14.4 Å². The van der Waals surface area contributed by atoms with Crippen LogP contribution in [0.2, 0.25) is 0 Å². The average molecular weight is 212 g/mol. The Bertz CT molecular complexity index is 362. The predicted molar refractivity (Wildman–Crippen MR) is 52.4 cm³/mol. The minimum atomic E-state index is -1.54. The van der Waals surface area contributed by atoms with E-state index in [4.69, 9.17) is 10.2 Å². The third-order valence-corrected chi connectivity index (χ3v) is 1.74. The molecule has 0 saturated carbocycles. The Kier molecular flexibility index (Phi) is 4.44. The van der Waals surface area contributed by atoms with Gasteiger partial charge in [-0.25, -0.2) is 9.59 Å². The maximum atomic E-state index is 11.4. The molecule has 0 fully saturated rings. The molecule has 0 aliphatic heterocycles. The summed E-state index contributed by atoms with van der Waals surface area (Å²) in [5.41, 5.74) is -1.12. The summed E-state index contributed by atoms with van der Waals surface area (Å²) in [4.78, 5) is 32.9. The molecule has 5 heteroatoms. The Morgan fingerprint density at radius 1 is 1.13 bits per heavy atom. The van der Waals surface area contributed by atoms with Crippen LogP contribution in [0.5, 0.6) is 0 Å². The van der Waals surface area contributed by atoms with Crippen LogP contribution in [0.25, 0.3) is 0 Å². The summed E-state index contributed by atoms with van der Waals surface area (Å²) < 4.78 is 0. The normalized spacial score (nSPS) is 11.6. The van der Waals surface area contributed by atoms with Gasteiger partial charge in [-0.05, 0) is 18.9 Å². The molecule has 2 N–H and O–H groups in total. The lowest BCUT2D eigenvalue weighted by atomic mass is 9.98. The highest BCUT2D eigenvalue weighted by Crippen LogP contribution is 2.14. The van der Waals surface area contributed by atoms with E-state index in [0.717, 1.165) is 0 Å². The lowest BCUT2D eigenvalue weighted by Crippen LogP contribution is -2.19. The van der Waals surface area contributed by atoms with Crippen LogP contribution in [-0.4, -0.2) is 27.9 Å². The van der Waals surface area contributed by atoms with Gasteiger partial charge in [0, 0.05) is 0 Å². The molecule has 82 valence electrons. The Labute approximate surface area is 86.7 Å². The fourth-order valence-corrected chi connectivity index (χ4v) is 1.01. The second-order valence-electron chi connectivity index (χ2n) is 2.93. The summed E-state index contributed by atoms with van der Waals surface area (Å²) in [6, 6.07) is 0. The highest BCUT2D eigenvalue weighted by atomic mass is 16.4. The molecule has 0 unspecified atom stereocenters. The summed E-state index contributed by atoms with van der Waals surface area (Å²) in [5, 5.41) is 17.5. The first-order chi connectivity index (χ1) is 6.82.